The number of rotatable bonds is 3. The van der Waals surface area contributed by atoms with E-state index in [2.05, 4.69) is 43.6 Å². The molecule has 6 heteroatoms. The van der Waals surface area contributed by atoms with Crippen molar-refractivity contribution in [1.82, 2.24) is 20.1 Å². The van der Waals surface area contributed by atoms with Crippen molar-refractivity contribution in [2.24, 2.45) is 0 Å². The van der Waals surface area contributed by atoms with Crippen LogP contribution in [0.5, 0.6) is 0 Å². The Bertz CT molecular complexity index is 651. The Labute approximate surface area is 123 Å². The van der Waals surface area contributed by atoms with Crippen LogP contribution in [0.2, 0.25) is 0 Å². The molecule has 2 N–H and O–H groups in total. The number of fused-ring (bicyclic) bond motifs is 1. The van der Waals surface area contributed by atoms with E-state index >= 15 is 0 Å². The Balaban J connectivity index is 1.66. The van der Waals surface area contributed by atoms with Crippen LogP contribution in [0.1, 0.15) is 23.9 Å². The molecule has 1 atom stereocenters. The van der Waals surface area contributed by atoms with Gasteiger partial charge in [-0.2, -0.15) is 4.98 Å². The van der Waals surface area contributed by atoms with Gasteiger partial charge in [-0.3, -0.25) is 20.1 Å². The summed E-state index contributed by atoms with van der Waals surface area (Å²) in [6.45, 7) is 5.41. The molecular weight excluding hydrogens is 266 g/mol. The van der Waals surface area contributed by atoms with Crippen LogP contribution >= 0.6 is 0 Å². The molecule has 0 radical (unpaired) electrons. The first kappa shape index (κ1) is 13.8. The van der Waals surface area contributed by atoms with E-state index in [0.717, 1.165) is 19.5 Å². The molecule has 3 rings (SSSR count). The predicted molar refractivity (Wildman–Crippen MR) is 79.8 cm³/mol. The number of benzene rings is 1. The average molecular weight is 285 g/mol. The molecule has 1 aromatic heterocycles. The second kappa shape index (κ2) is 5.65. The molecule has 0 fully saturated rings. The van der Waals surface area contributed by atoms with Crippen LogP contribution < -0.4 is 5.32 Å². The van der Waals surface area contributed by atoms with Crippen LogP contribution in [-0.2, 0) is 17.8 Å². The molecule has 2 heterocycles. The standard InChI is InChI=1S/C15H19N5O/c1-10(14(21)17-15-16-11(2)18-19-15)20-8-7-12-5-3-4-6-13(12)9-20/h3-6,10H,7-9H2,1-2H3,(H2,16,17,18,19,21)/t10-/m1/s1. The van der Waals surface area contributed by atoms with E-state index in [1.54, 1.807) is 6.92 Å². The molecule has 1 aliphatic rings. The Hall–Kier alpha value is -2.21. The molecular formula is C15H19N5O. The number of nitrogens with one attached hydrogen (secondary N) is 2. The van der Waals surface area contributed by atoms with Crippen molar-refractivity contribution in [3.05, 3.63) is 41.2 Å². The van der Waals surface area contributed by atoms with Crippen LogP contribution in [-0.4, -0.2) is 38.6 Å². The van der Waals surface area contributed by atoms with Gasteiger partial charge in [-0.25, -0.2) is 0 Å². The highest BCUT2D eigenvalue weighted by molar-refractivity contribution is 5.93. The number of aryl methyl sites for hydroxylation is 1. The SMILES string of the molecule is Cc1nc(NC(=O)[C@@H](C)N2CCc3ccccc3C2)n[nH]1. The molecule has 0 spiro atoms. The van der Waals surface area contributed by atoms with Crippen molar-refractivity contribution < 1.29 is 4.79 Å². The number of amides is 1. The summed E-state index contributed by atoms with van der Waals surface area (Å²) >= 11 is 0. The van der Waals surface area contributed by atoms with Gasteiger partial charge >= 0.3 is 0 Å². The van der Waals surface area contributed by atoms with Gasteiger partial charge in [0.2, 0.25) is 11.9 Å². The number of hydrogen-bond acceptors (Lipinski definition) is 4. The summed E-state index contributed by atoms with van der Waals surface area (Å²) in [5.41, 5.74) is 2.68. The Morgan fingerprint density at radius 1 is 1.38 bits per heavy atom. The molecule has 21 heavy (non-hydrogen) atoms. The first-order valence-electron chi connectivity index (χ1n) is 7.14. The van der Waals surface area contributed by atoms with Gasteiger partial charge in [-0.15, -0.1) is 5.10 Å². The lowest BCUT2D eigenvalue weighted by Gasteiger charge is -2.32. The van der Waals surface area contributed by atoms with E-state index in [4.69, 9.17) is 0 Å². The zero-order valence-corrected chi connectivity index (χ0v) is 12.3. The normalized spacial score (nSPS) is 16.3. The molecule has 0 bridgehead atoms. The Kier molecular flexibility index (Phi) is 3.70. The van der Waals surface area contributed by atoms with Crippen LogP contribution in [0.25, 0.3) is 0 Å². The van der Waals surface area contributed by atoms with E-state index < -0.39 is 0 Å². The van der Waals surface area contributed by atoms with Gasteiger partial charge in [0.25, 0.3) is 0 Å². The minimum Gasteiger partial charge on any atom is -0.292 e. The number of anilines is 1. The number of aromatic nitrogens is 3. The summed E-state index contributed by atoms with van der Waals surface area (Å²) in [5.74, 6) is 0.944. The molecule has 1 aliphatic heterocycles. The van der Waals surface area contributed by atoms with Gasteiger partial charge in [0, 0.05) is 13.1 Å². The first-order chi connectivity index (χ1) is 10.1. The maximum atomic E-state index is 12.3. The van der Waals surface area contributed by atoms with E-state index in [-0.39, 0.29) is 11.9 Å². The third-order valence-corrected chi connectivity index (χ3v) is 3.92. The van der Waals surface area contributed by atoms with Crippen molar-refractivity contribution in [3.63, 3.8) is 0 Å². The van der Waals surface area contributed by atoms with Crippen LogP contribution in [0.15, 0.2) is 24.3 Å². The monoisotopic (exact) mass is 285 g/mol. The number of aromatic amines is 1. The van der Waals surface area contributed by atoms with Gasteiger partial charge in [0.1, 0.15) is 5.82 Å². The van der Waals surface area contributed by atoms with E-state index in [0.29, 0.717) is 11.8 Å². The van der Waals surface area contributed by atoms with E-state index in [1.807, 2.05) is 13.0 Å². The summed E-state index contributed by atoms with van der Waals surface area (Å²) in [7, 11) is 0. The fourth-order valence-corrected chi connectivity index (χ4v) is 2.63. The Morgan fingerprint density at radius 3 is 2.86 bits per heavy atom. The van der Waals surface area contributed by atoms with Crippen molar-refractivity contribution in [3.8, 4) is 0 Å². The van der Waals surface area contributed by atoms with E-state index in [9.17, 15) is 4.79 Å². The van der Waals surface area contributed by atoms with Crippen LogP contribution in [0.4, 0.5) is 5.95 Å². The lowest BCUT2D eigenvalue weighted by molar-refractivity contribution is -0.121. The highest BCUT2D eigenvalue weighted by atomic mass is 16.2. The maximum Gasteiger partial charge on any atom is 0.248 e. The first-order valence-corrected chi connectivity index (χ1v) is 7.14. The summed E-state index contributed by atoms with van der Waals surface area (Å²) in [5, 5.41) is 9.40. The van der Waals surface area contributed by atoms with Crippen molar-refractivity contribution in [1.29, 1.82) is 0 Å². The third kappa shape index (κ3) is 2.95. The zero-order chi connectivity index (χ0) is 14.8. The highest BCUT2D eigenvalue weighted by Gasteiger charge is 2.25. The van der Waals surface area contributed by atoms with Gasteiger partial charge < -0.3 is 0 Å². The topological polar surface area (TPSA) is 73.9 Å². The fourth-order valence-electron chi connectivity index (χ4n) is 2.63. The third-order valence-electron chi connectivity index (χ3n) is 3.92. The number of hydrogen-bond donors (Lipinski definition) is 2. The number of H-pyrrole nitrogens is 1. The molecule has 0 unspecified atom stereocenters. The second-order valence-corrected chi connectivity index (χ2v) is 5.40. The van der Waals surface area contributed by atoms with Crippen molar-refractivity contribution in [2.75, 3.05) is 11.9 Å². The summed E-state index contributed by atoms with van der Waals surface area (Å²) in [6.07, 6.45) is 0.980. The molecule has 0 saturated heterocycles. The number of carbonyl (C=O) groups is 1. The van der Waals surface area contributed by atoms with Crippen molar-refractivity contribution >= 4 is 11.9 Å². The second-order valence-electron chi connectivity index (χ2n) is 5.40. The van der Waals surface area contributed by atoms with Gasteiger partial charge in [0.05, 0.1) is 6.04 Å². The Morgan fingerprint density at radius 2 is 2.14 bits per heavy atom. The van der Waals surface area contributed by atoms with Gasteiger partial charge in [-0.05, 0) is 31.4 Å². The minimum absolute atomic E-state index is 0.0756. The molecule has 1 amide bonds. The lowest BCUT2D eigenvalue weighted by atomic mass is 9.99. The largest absolute Gasteiger partial charge is 0.292 e. The summed E-state index contributed by atoms with van der Waals surface area (Å²) in [4.78, 5) is 18.6. The average Bonchev–Trinajstić information content (AvgIpc) is 2.91. The number of nitrogens with zero attached hydrogens (tertiary/aromatic N) is 3. The smallest absolute Gasteiger partial charge is 0.248 e. The van der Waals surface area contributed by atoms with Gasteiger partial charge in [0.15, 0.2) is 0 Å². The molecule has 1 aromatic carbocycles. The van der Waals surface area contributed by atoms with Crippen LogP contribution in [0.3, 0.4) is 0 Å². The fraction of sp³-hybridized carbons (Fsp3) is 0.400. The zero-order valence-electron chi connectivity index (χ0n) is 12.3. The summed E-state index contributed by atoms with van der Waals surface area (Å²) in [6, 6.07) is 8.19. The predicted octanol–water partition coefficient (Wildman–Crippen LogP) is 1.50. The van der Waals surface area contributed by atoms with Crippen molar-refractivity contribution in [2.45, 2.75) is 32.9 Å². The molecule has 110 valence electrons. The number of carbonyl (C=O) groups excluding carboxylic acids is 1. The lowest BCUT2D eigenvalue weighted by Crippen LogP contribution is -2.44. The molecule has 0 aliphatic carbocycles. The summed E-state index contributed by atoms with van der Waals surface area (Å²) < 4.78 is 0. The van der Waals surface area contributed by atoms with Crippen LogP contribution in [0, 0.1) is 6.92 Å². The molecule has 2 aromatic rings. The van der Waals surface area contributed by atoms with Gasteiger partial charge in [-0.1, -0.05) is 24.3 Å². The minimum atomic E-state index is -0.211. The molecule has 6 nitrogen and oxygen atoms in total. The van der Waals surface area contributed by atoms with E-state index in [1.165, 1.54) is 11.1 Å². The maximum absolute atomic E-state index is 12.3. The quantitative estimate of drug-likeness (QED) is 0.896. The highest BCUT2D eigenvalue weighted by Crippen LogP contribution is 2.20. The molecule has 0 saturated carbocycles.